The molecule has 2 aromatic carbocycles. The smallest absolute Gasteiger partial charge is 0.254 e. The van der Waals surface area contributed by atoms with Crippen LogP contribution in [0.4, 0.5) is 4.39 Å². The van der Waals surface area contributed by atoms with Crippen LogP contribution in [0.5, 0.6) is 0 Å². The molecule has 30 heavy (non-hydrogen) atoms. The summed E-state index contributed by atoms with van der Waals surface area (Å²) in [7, 11) is 0. The van der Waals surface area contributed by atoms with Crippen LogP contribution < -0.4 is 0 Å². The average Bonchev–Trinajstić information content (AvgIpc) is 3.40. The summed E-state index contributed by atoms with van der Waals surface area (Å²) in [4.78, 5) is 19.4. The Balaban J connectivity index is 1.55. The van der Waals surface area contributed by atoms with E-state index in [1.54, 1.807) is 11.1 Å². The first-order chi connectivity index (χ1) is 14.6. The molecule has 1 amide bonds. The largest absolute Gasteiger partial charge is 0.376 e. The Morgan fingerprint density at radius 1 is 1.27 bits per heavy atom. The third-order valence-corrected chi connectivity index (χ3v) is 5.44. The Kier molecular flexibility index (Phi) is 6.45. The van der Waals surface area contributed by atoms with Crippen molar-refractivity contribution in [3.05, 3.63) is 88.7 Å². The number of amides is 1. The van der Waals surface area contributed by atoms with Crippen molar-refractivity contribution >= 4 is 17.5 Å². The van der Waals surface area contributed by atoms with Crippen LogP contribution >= 0.6 is 11.6 Å². The zero-order valence-electron chi connectivity index (χ0n) is 16.5. The zero-order valence-corrected chi connectivity index (χ0v) is 17.3. The van der Waals surface area contributed by atoms with Gasteiger partial charge in [-0.3, -0.25) is 4.79 Å². The molecule has 1 aromatic heterocycles. The van der Waals surface area contributed by atoms with Crippen LogP contribution in [-0.4, -0.2) is 39.6 Å². The molecule has 1 atom stereocenters. The highest BCUT2D eigenvalue weighted by atomic mass is 35.5. The number of nitrogens with zero attached hydrogens (tertiary/aromatic N) is 3. The SMILES string of the molecule is O=C(c1ccc(F)cc1)N(Cc1nccn1Cc1cccc(Cl)c1)CC1CCCO1. The predicted molar refractivity (Wildman–Crippen MR) is 113 cm³/mol. The van der Waals surface area contributed by atoms with Crippen molar-refractivity contribution in [1.29, 1.82) is 0 Å². The van der Waals surface area contributed by atoms with E-state index in [0.29, 0.717) is 36.8 Å². The number of benzene rings is 2. The number of imidazole rings is 1. The Morgan fingerprint density at radius 2 is 2.10 bits per heavy atom. The summed E-state index contributed by atoms with van der Waals surface area (Å²) < 4.78 is 21.1. The van der Waals surface area contributed by atoms with Gasteiger partial charge in [0.05, 0.1) is 12.6 Å². The van der Waals surface area contributed by atoms with Crippen LogP contribution in [0.25, 0.3) is 0 Å². The summed E-state index contributed by atoms with van der Waals surface area (Å²) in [6, 6.07) is 13.3. The fraction of sp³-hybridized carbons (Fsp3) is 0.304. The summed E-state index contributed by atoms with van der Waals surface area (Å²) in [6.07, 6.45) is 5.54. The first-order valence-corrected chi connectivity index (χ1v) is 10.4. The highest BCUT2D eigenvalue weighted by Gasteiger charge is 2.25. The van der Waals surface area contributed by atoms with Gasteiger partial charge in [0, 0.05) is 42.7 Å². The standard InChI is InChI=1S/C23H23ClFN3O2/c24-19-4-1-3-17(13-19)14-27-11-10-26-22(27)16-28(15-21-5-2-12-30-21)23(29)18-6-8-20(25)9-7-18/h1,3-4,6-11,13,21H,2,5,12,14-16H2. The highest BCUT2D eigenvalue weighted by molar-refractivity contribution is 6.30. The molecule has 3 aromatic rings. The quantitative estimate of drug-likeness (QED) is 0.556. The van der Waals surface area contributed by atoms with Crippen molar-refractivity contribution in [3.63, 3.8) is 0 Å². The van der Waals surface area contributed by atoms with Gasteiger partial charge >= 0.3 is 0 Å². The molecule has 1 aliphatic rings. The first kappa shape index (κ1) is 20.6. The normalized spacial score (nSPS) is 16.0. The van der Waals surface area contributed by atoms with E-state index in [-0.39, 0.29) is 17.8 Å². The fourth-order valence-corrected chi connectivity index (χ4v) is 3.88. The predicted octanol–water partition coefficient (Wildman–Crippen LogP) is 4.55. The van der Waals surface area contributed by atoms with E-state index in [4.69, 9.17) is 16.3 Å². The van der Waals surface area contributed by atoms with Crippen molar-refractivity contribution in [2.45, 2.75) is 32.0 Å². The number of carbonyl (C=O) groups excluding carboxylic acids is 1. The van der Waals surface area contributed by atoms with Crippen molar-refractivity contribution in [3.8, 4) is 0 Å². The molecule has 0 bridgehead atoms. The van der Waals surface area contributed by atoms with Gasteiger partial charge in [-0.15, -0.1) is 0 Å². The molecule has 1 unspecified atom stereocenters. The van der Waals surface area contributed by atoms with Crippen molar-refractivity contribution in [2.75, 3.05) is 13.2 Å². The lowest BCUT2D eigenvalue weighted by atomic mass is 10.1. The molecule has 0 spiro atoms. The molecule has 1 saturated heterocycles. The topological polar surface area (TPSA) is 47.4 Å². The molecule has 7 heteroatoms. The van der Waals surface area contributed by atoms with Crippen molar-refractivity contribution < 1.29 is 13.9 Å². The van der Waals surface area contributed by atoms with Crippen LogP contribution in [0.3, 0.4) is 0 Å². The average molecular weight is 428 g/mol. The summed E-state index contributed by atoms with van der Waals surface area (Å²) >= 11 is 6.11. The van der Waals surface area contributed by atoms with E-state index < -0.39 is 0 Å². The molecule has 5 nitrogen and oxygen atoms in total. The molecule has 1 fully saturated rings. The minimum atomic E-state index is -0.366. The molecular weight excluding hydrogens is 405 g/mol. The zero-order chi connectivity index (χ0) is 20.9. The van der Waals surface area contributed by atoms with Gasteiger partial charge < -0.3 is 14.2 Å². The van der Waals surface area contributed by atoms with Crippen molar-refractivity contribution in [2.24, 2.45) is 0 Å². The Hall–Kier alpha value is -2.70. The van der Waals surface area contributed by atoms with Gasteiger partial charge in [-0.2, -0.15) is 0 Å². The second-order valence-corrected chi connectivity index (χ2v) is 7.87. The highest BCUT2D eigenvalue weighted by Crippen LogP contribution is 2.18. The summed E-state index contributed by atoms with van der Waals surface area (Å²) in [5.74, 6) is 0.237. The number of ether oxygens (including phenoxy) is 1. The second-order valence-electron chi connectivity index (χ2n) is 7.43. The maximum Gasteiger partial charge on any atom is 0.254 e. The van der Waals surface area contributed by atoms with E-state index in [1.165, 1.54) is 24.3 Å². The molecule has 4 rings (SSSR count). The molecule has 156 valence electrons. The monoisotopic (exact) mass is 427 g/mol. The minimum Gasteiger partial charge on any atom is -0.376 e. The van der Waals surface area contributed by atoms with Crippen LogP contribution in [0.1, 0.15) is 34.6 Å². The summed E-state index contributed by atoms with van der Waals surface area (Å²) in [5, 5.41) is 0.681. The van der Waals surface area contributed by atoms with Crippen LogP contribution in [0, 0.1) is 5.82 Å². The van der Waals surface area contributed by atoms with Crippen LogP contribution in [-0.2, 0) is 17.8 Å². The molecule has 0 aliphatic carbocycles. The number of carbonyl (C=O) groups is 1. The summed E-state index contributed by atoms with van der Waals surface area (Å²) in [6.45, 7) is 2.13. The van der Waals surface area contributed by atoms with Crippen molar-refractivity contribution in [1.82, 2.24) is 14.5 Å². The second kappa shape index (κ2) is 9.41. The lowest BCUT2D eigenvalue weighted by Gasteiger charge is -2.25. The Labute approximate surface area is 180 Å². The van der Waals surface area contributed by atoms with Gasteiger partial charge in [-0.25, -0.2) is 9.37 Å². The number of halogens is 2. The van der Waals surface area contributed by atoms with E-state index in [0.717, 1.165) is 24.2 Å². The van der Waals surface area contributed by atoms with Gasteiger partial charge in [-0.1, -0.05) is 23.7 Å². The van der Waals surface area contributed by atoms with Crippen LogP contribution in [0.2, 0.25) is 5.02 Å². The minimum absolute atomic E-state index is 0.00532. The van der Waals surface area contributed by atoms with Gasteiger partial charge in [0.25, 0.3) is 5.91 Å². The molecule has 2 heterocycles. The molecule has 1 aliphatic heterocycles. The van der Waals surface area contributed by atoms with E-state index >= 15 is 0 Å². The first-order valence-electron chi connectivity index (χ1n) is 9.99. The number of hydrogen-bond acceptors (Lipinski definition) is 3. The lowest BCUT2D eigenvalue weighted by Crippen LogP contribution is -2.37. The molecule has 0 N–H and O–H groups in total. The molecule has 0 saturated carbocycles. The maximum atomic E-state index is 13.3. The van der Waals surface area contributed by atoms with Gasteiger partial charge in [0.1, 0.15) is 11.6 Å². The summed E-state index contributed by atoms with van der Waals surface area (Å²) in [5.41, 5.74) is 1.50. The third-order valence-electron chi connectivity index (χ3n) is 5.20. The number of aromatic nitrogens is 2. The molecular formula is C23H23ClFN3O2. The lowest BCUT2D eigenvalue weighted by molar-refractivity contribution is 0.0499. The maximum absolute atomic E-state index is 13.3. The van der Waals surface area contributed by atoms with Gasteiger partial charge in [0.2, 0.25) is 0 Å². The van der Waals surface area contributed by atoms with E-state index in [1.807, 2.05) is 35.0 Å². The fourth-order valence-electron chi connectivity index (χ4n) is 3.67. The molecule has 0 radical (unpaired) electrons. The van der Waals surface area contributed by atoms with E-state index in [9.17, 15) is 9.18 Å². The Morgan fingerprint density at radius 3 is 2.83 bits per heavy atom. The van der Waals surface area contributed by atoms with E-state index in [2.05, 4.69) is 4.98 Å². The van der Waals surface area contributed by atoms with Gasteiger partial charge in [0.15, 0.2) is 0 Å². The number of hydrogen-bond donors (Lipinski definition) is 0. The van der Waals surface area contributed by atoms with Crippen LogP contribution in [0.15, 0.2) is 60.9 Å². The Bertz CT molecular complexity index is 1000. The third kappa shape index (κ3) is 5.07. The van der Waals surface area contributed by atoms with Gasteiger partial charge in [-0.05, 0) is 54.8 Å². The number of rotatable bonds is 7.